The summed E-state index contributed by atoms with van der Waals surface area (Å²) < 4.78 is 2.34. The number of nitrogens with one attached hydrogen (secondary N) is 1. The van der Waals surface area contributed by atoms with Crippen molar-refractivity contribution in [2.24, 2.45) is 0 Å². The summed E-state index contributed by atoms with van der Waals surface area (Å²) in [5.41, 5.74) is 0. The van der Waals surface area contributed by atoms with Crippen LogP contribution in [0.3, 0.4) is 0 Å². The highest BCUT2D eigenvalue weighted by molar-refractivity contribution is 7.99. The summed E-state index contributed by atoms with van der Waals surface area (Å²) in [7, 11) is 0. The van der Waals surface area contributed by atoms with Gasteiger partial charge in [0.05, 0.1) is 0 Å². The van der Waals surface area contributed by atoms with Crippen molar-refractivity contribution in [3.63, 3.8) is 0 Å². The maximum atomic E-state index is 4.41. The molecule has 1 saturated heterocycles. The average Bonchev–Trinajstić information content (AvgIpc) is 2.96. The molecule has 3 rings (SSSR count). The molecule has 1 aromatic rings. The van der Waals surface area contributed by atoms with E-state index in [0.29, 0.717) is 12.1 Å². The molecule has 1 aliphatic heterocycles. The Balaban J connectivity index is 1.73. The van der Waals surface area contributed by atoms with E-state index in [-0.39, 0.29) is 0 Å². The molecular formula is C11H17N3S. The third-order valence-corrected chi connectivity index (χ3v) is 4.31. The van der Waals surface area contributed by atoms with Gasteiger partial charge in [-0.25, -0.2) is 4.98 Å². The molecule has 2 fully saturated rings. The van der Waals surface area contributed by atoms with Crippen LogP contribution in [-0.2, 0) is 0 Å². The minimum atomic E-state index is 0.660. The predicted octanol–water partition coefficient (Wildman–Crippen LogP) is 2.53. The van der Waals surface area contributed by atoms with Crippen LogP contribution in [0, 0.1) is 0 Å². The third-order valence-electron chi connectivity index (χ3n) is 3.11. The summed E-state index contributed by atoms with van der Waals surface area (Å²) in [6, 6.07) is 1.36. The molecule has 1 aliphatic carbocycles. The van der Waals surface area contributed by atoms with Crippen LogP contribution >= 0.6 is 11.8 Å². The molecule has 4 heteroatoms. The standard InChI is InChI=1S/C11H17N3S/c1-2-10(8-15-7-1)14-6-5-12-11(14)13-9-3-4-9/h5-6,9-10H,1-4,7-8H2,(H,12,13). The van der Waals surface area contributed by atoms with Gasteiger partial charge in [-0.2, -0.15) is 11.8 Å². The van der Waals surface area contributed by atoms with Gasteiger partial charge in [-0.1, -0.05) is 0 Å². The largest absolute Gasteiger partial charge is 0.353 e. The second-order valence-electron chi connectivity index (χ2n) is 4.45. The van der Waals surface area contributed by atoms with Crippen LogP contribution in [0.1, 0.15) is 31.7 Å². The normalized spacial score (nSPS) is 26.5. The second kappa shape index (κ2) is 4.08. The summed E-state index contributed by atoms with van der Waals surface area (Å²) in [6.45, 7) is 0. The topological polar surface area (TPSA) is 29.9 Å². The van der Waals surface area contributed by atoms with Gasteiger partial charge in [0.2, 0.25) is 5.95 Å². The maximum Gasteiger partial charge on any atom is 0.203 e. The Hall–Kier alpha value is -0.640. The van der Waals surface area contributed by atoms with Gasteiger partial charge in [0.15, 0.2) is 0 Å². The second-order valence-corrected chi connectivity index (χ2v) is 5.60. The first-order chi connectivity index (χ1) is 7.43. The molecule has 3 nitrogen and oxygen atoms in total. The smallest absolute Gasteiger partial charge is 0.203 e. The minimum Gasteiger partial charge on any atom is -0.353 e. The van der Waals surface area contributed by atoms with Crippen molar-refractivity contribution in [2.75, 3.05) is 16.8 Å². The van der Waals surface area contributed by atoms with E-state index in [9.17, 15) is 0 Å². The quantitative estimate of drug-likeness (QED) is 0.854. The molecule has 0 amide bonds. The van der Waals surface area contributed by atoms with E-state index >= 15 is 0 Å². The molecule has 1 aromatic heterocycles. The van der Waals surface area contributed by atoms with Gasteiger partial charge in [0.25, 0.3) is 0 Å². The van der Waals surface area contributed by atoms with E-state index in [1.165, 1.54) is 37.2 Å². The molecule has 1 unspecified atom stereocenters. The number of thioether (sulfide) groups is 1. The van der Waals surface area contributed by atoms with Crippen molar-refractivity contribution in [1.29, 1.82) is 0 Å². The molecular weight excluding hydrogens is 206 g/mol. The molecule has 82 valence electrons. The molecule has 2 aliphatic rings. The number of nitrogens with zero attached hydrogens (tertiary/aromatic N) is 2. The van der Waals surface area contributed by atoms with E-state index in [0.717, 1.165) is 5.95 Å². The van der Waals surface area contributed by atoms with Gasteiger partial charge in [0, 0.05) is 30.2 Å². The Labute approximate surface area is 94.7 Å². The number of hydrogen-bond acceptors (Lipinski definition) is 3. The van der Waals surface area contributed by atoms with E-state index in [4.69, 9.17) is 0 Å². The summed E-state index contributed by atoms with van der Waals surface area (Å²) in [6.07, 6.45) is 9.32. The van der Waals surface area contributed by atoms with E-state index in [1.807, 2.05) is 6.20 Å². The van der Waals surface area contributed by atoms with Gasteiger partial charge in [-0.3, -0.25) is 0 Å². The van der Waals surface area contributed by atoms with Crippen molar-refractivity contribution in [3.8, 4) is 0 Å². The van der Waals surface area contributed by atoms with Crippen LogP contribution < -0.4 is 5.32 Å². The lowest BCUT2D eigenvalue weighted by Crippen LogP contribution is -2.18. The highest BCUT2D eigenvalue weighted by atomic mass is 32.2. The molecule has 1 N–H and O–H groups in total. The average molecular weight is 223 g/mol. The van der Waals surface area contributed by atoms with Crippen molar-refractivity contribution >= 4 is 17.7 Å². The number of anilines is 1. The number of hydrogen-bond donors (Lipinski definition) is 1. The van der Waals surface area contributed by atoms with E-state index in [1.54, 1.807) is 0 Å². The van der Waals surface area contributed by atoms with Gasteiger partial charge in [0.1, 0.15) is 0 Å². The molecule has 1 saturated carbocycles. The van der Waals surface area contributed by atoms with Crippen LogP contribution in [0.5, 0.6) is 0 Å². The van der Waals surface area contributed by atoms with Crippen LogP contribution in [0.15, 0.2) is 12.4 Å². The van der Waals surface area contributed by atoms with Crippen molar-refractivity contribution in [3.05, 3.63) is 12.4 Å². The first-order valence-corrected chi connectivity index (χ1v) is 6.96. The zero-order valence-electron chi connectivity index (χ0n) is 8.85. The Morgan fingerprint density at radius 3 is 3.07 bits per heavy atom. The highest BCUT2D eigenvalue weighted by Crippen LogP contribution is 2.30. The highest BCUT2D eigenvalue weighted by Gasteiger charge is 2.24. The number of imidazole rings is 1. The molecule has 0 aromatic carbocycles. The number of rotatable bonds is 3. The molecule has 0 radical (unpaired) electrons. The molecule has 0 bridgehead atoms. The predicted molar refractivity (Wildman–Crippen MR) is 64.5 cm³/mol. The zero-order chi connectivity index (χ0) is 10.1. The molecule has 2 heterocycles. The van der Waals surface area contributed by atoms with Crippen molar-refractivity contribution < 1.29 is 0 Å². The first kappa shape index (κ1) is 9.58. The molecule has 15 heavy (non-hydrogen) atoms. The maximum absolute atomic E-state index is 4.41. The van der Waals surface area contributed by atoms with Gasteiger partial charge >= 0.3 is 0 Å². The SMILES string of the molecule is c1cn(C2CCCSC2)c(NC2CC2)n1. The Bertz CT molecular complexity index is 326. The summed E-state index contributed by atoms with van der Waals surface area (Å²) in [4.78, 5) is 4.41. The van der Waals surface area contributed by atoms with E-state index < -0.39 is 0 Å². The Kier molecular flexibility index (Phi) is 2.61. The minimum absolute atomic E-state index is 0.660. The first-order valence-electron chi connectivity index (χ1n) is 5.80. The lowest BCUT2D eigenvalue weighted by molar-refractivity contribution is 0.503. The third kappa shape index (κ3) is 2.14. The van der Waals surface area contributed by atoms with Crippen LogP contribution in [0.25, 0.3) is 0 Å². The Morgan fingerprint density at radius 2 is 2.33 bits per heavy atom. The van der Waals surface area contributed by atoms with Gasteiger partial charge in [-0.05, 0) is 31.4 Å². The zero-order valence-corrected chi connectivity index (χ0v) is 9.67. The summed E-state index contributed by atoms with van der Waals surface area (Å²) in [5.74, 6) is 3.66. The lowest BCUT2D eigenvalue weighted by Gasteiger charge is -2.24. The van der Waals surface area contributed by atoms with Gasteiger partial charge < -0.3 is 9.88 Å². The molecule has 1 atom stereocenters. The monoisotopic (exact) mass is 223 g/mol. The fourth-order valence-corrected chi connectivity index (χ4v) is 3.21. The fraction of sp³-hybridized carbons (Fsp3) is 0.727. The van der Waals surface area contributed by atoms with E-state index in [2.05, 4.69) is 32.8 Å². The van der Waals surface area contributed by atoms with Crippen LogP contribution in [0.2, 0.25) is 0 Å². The lowest BCUT2D eigenvalue weighted by atomic mass is 10.2. The van der Waals surface area contributed by atoms with Crippen LogP contribution in [-0.4, -0.2) is 27.1 Å². The van der Waals surface area contributed by atoms with Crippen LogP contribution in [0.4, 0.5) is 5.95 Å². The summed E-state index contributed by atoms with van der Waals surface area (Å²) >= 11 is 2.07. The molecule has 0 spiro atoms. The Morgan fingerprint density at radius 1 is 1.40 bits per heavy atom. The van der Waals surface area contributed by atoms with Crippen molar-refractivity contribution in [2.45, 2.75) is 37.8 Å². The van der Waals surface area contributed by atoms with Gasteiger partial charge in [-0.15, -0.1) is 0 Å². The van der Waals surface area contributed by atoms with Crippen molar-refractivity contribution in [1.82, 2.24) is 9.55 Å². The number of aromatic nitrogens is 2. The summed E-state index contributed by atoms with van der Waals surface area (Å²) in [5, 5.41) is 3.50. The fourth-order valence-electron chi connectivity index (χ4n) is 2.07.